The molecule has 0 unspecified atom stereocenters. The number of imide groups is 1. The summed E-state index contributed by atoms with van der Waals surface area (Å²) in [6.07, 6.45) is 0.624. The Morgan fingerprint density at radius 1 is 1.03 bits per heavy atom. The van der Waals surface area contributed by atoms with Crippen molar-refractivity contribution in [1.29, 1.82) is 0 Å². The van der Waals surface area contributed by atoms with E-state index in [2.05, 4.69) is 15.3 Å². The Hall–Kier alpha value is -3.48. The van der Waals surface area contributed by atoms with Gasteiger partial charge in [0.2, 0.25) is 5.91 Å². The topological polar surface area (TPSA) is 95.2 Å². The molecule has 7 nitrogen and oxygen atoms in total. The molecule has 3 aromatic rings. The molecule has 2 heterocycles. The van der Waals surface area contributed by atoms with Gasteiger partial charge in [-0.3, -0.25) is 19.3 Å². The van der Waals surface area contributed by atoms with Gasteiger partial charge in [-0.05, 0) is 36.6 Å². The number of nitrogens with zero attached hydrogens (tertiary/aromatic N) is 2. The second-order valence-electron chi connectivity index (χ2n) is 7.84. The molecule has 2 aromatic carbocycles. The van der Waals surface area contributed by atoms with Crippen molar-refractivity contribution in [3.8, 4) is 0 Å². The van der Waals surface area contributed by atoms with E-state index in [0.29, 0.717) is 17.5 Å². The lowest BCUT2D eigenvalue weighted by Crippen LogP contribution is -2.34. The third-order valence-corrected chi connectivity index (χ3v) is 5.35. The van der Waals surface area contributed by atoms with Crippen molar-refractivity contribution in [3.63, 3.8) is 0 Å². The largest absolute Gasteiger partial charge is 0.346 e. The number of rotatable bonds is 7. The lowest BCUT2D eigenvalue weighted by atomic mass is 10.0. The van der Waals surface area contributed by atoms with Crippen molar-refractivity contribution >= 4 is 28.8 Å². The zero-order valence-electron chi connectivity index (χ0n) is 17.0. The van der Waals surface area contributed by atoms with Gasteiger partial charge in [-0.15, -0.1) is 0 Å². The van der Waals surface area contributed by atoms with E-state index < -0.39 is 0 Å². The summed E-state index contributed by atoms with van der Waals surface area (Å²) in [5.74, 6) is 0.146. The molecule has 1 aliphatic heterocycles. The van der Waals surface area contributed by atoms with Crippen LogP contribution in [-0.4, -0.2) is 39.1 Å². The number of benzene rings is 2. The Bertz CT molecular complexity index is 1050. The monoisotopic (exact) mass is 404 g/mol. The first kappa shape index (κ1) is 19.8. The molecule has 0 bridgehead atoms. The third kappa shape index (κ3) is 3.70. The van der Waals surface area contributed by atoms with Crippen LogP contribution in [0.3, 0.4) is 0 Å². The fraction of sp³-hybridized carbons (Fsp3) is 0.304. The molecule has 0 saturated heterocycles. The van der Waals surface area contributed by atoms with E-state index in [4.69, 9.17) is 0 Å². The summed E-state index contributed by atoms with van der Waals surface area (Å²) >= 11 is 0. The van der Waals surface area contributed by atoms with Gasteiger partial charge in [-0.1, -0.05) is 38.1 Å². The Morgan fingerprint density at radius 2 is 1.67 bits per heavy atom. The number of imidazole rings is 1. The van der Waals surface area contributed by atoms with Crippen molar-refractivity contribution in [2.75, 3.05) is 6.54 Å². The number of carbonyl (C=O) groups is 3. The summed E-state index contributed by atoms with van der Waals surface area (Å²) in [7, 11) is 0. The molecule has 0 fully saturated rings. The molecular weight excluding hydrogens is 380 g/mol. The molecule has 0 aliphatic carbocycles. The molecule has 0 radical (unpaired) electrons. The Labute approximate surface area is 174 Å². The predicted molar refractivity (Wildman–Crippen MR) is 113 cm³/mol. The number of para-hydroxylation sites is 2. The SMILES string of the molecule is CC(C)[C@@H](NC(=O)CCCN1C(=O)c2ccccc2C1=O)c1nc2ccccc2[nH]1. The fourth-order valence-electron chi connectivity index (χ4n) is 3.76. The maximum atomic E-state index is 12.6. The molecule has 2 N–H and O–H groups in total. The summed E-state index contributed by atoms with van der Waals surface area (Å²) in [5.41, 5.74) is 2.64. The van der Waals surface area contributed by atoms with E-state index in [1.807, 2.05) is 38.1 Å². The average molecular weight is 404 g/mol. The summed E-state index contributed by atoms with van der Waals surface area (Å²) in [6, 6.07) is 14.3. The summed E-state index contributed by atoms with van der Waals surface area (Å²) in [4.78, 5) is 46.5. The van der Waals surface area contributed by atoms with E-state index >= 15 is 0 Å². The number of carbonyl (C=O) groups excluding carboxylic acids is 3. The highest BCUT2D eigenvalue weighted by molar-refractivity contribution is 6.21. The van der Waals surface area contributed by atoms with E-state index in [-0.39, 0.29) is 42.6 Å². The summed E-state index contributed by atoms with van der Waals surface area (Å²) in [5, 5.41) is 3.04. The molecule has 4 rings (SSSR count). The van der Waals surface area contributed by atoms with Crippen LogP contribution in [0.1, 0.15) is 59.3 Å². The second kappa shape index (κ2) is 8.10. The Balaban J connectivity index is 1.36. The minimum atomic E-state index is -0.293. The van der Waals surface area contributed by atoms with Crippen LogP contribution < -0.4 is 5.32 Å². The average Bonchev–Trinajstić information content (AvgIpc) is 3.27. The highest BCUT2D eigenvalue weighted by atomic mass is 16.2. The third-order valence-electron chi connectivity index (χ3n) is 5.35. The molecule has 3 amide bonds. The molecular formula is C23H24N4O3. The molecule has 154 valence electrons. The van der Waals surface area contributed by atoms with Gasteiger partial charge in [-0.25, -0.2) is 4.98 Å². The molecule has 0 saturated carbocycles. The van der Waals surface area contributed by atoms with Gasteiger partial charge < -0.3 is 10.3 Å². The van der Waals surface area contributed by atoms with Crippen LogP contribution >= 0.6 is 0 Å². The summed E-state index contributed by atoms with van der Waals surface area (Å²) in [6.45, 7) is 4.27. The summed E-state index contributed by atoms with van der Waals surface area (Å²) < 4.78 is 0. The van der Waals surface area contributed by atoms with E-state index in [9.17, 15) is 14.4 Å². The van der Waals surface area contributed by atoms with Crippen LogP contribution in [0.4, 0.5) is 0 Å². The van der Waals surface area contributed by atoms with Crippen LogP contribution in [0.15, 0.2) is 48.5 Å². The lowest BCUT2D eigenvalue weighted by Gasteiger charge is -2.20. The number of hydrogen-bond acceptors (Lipinski definition) is 4. The molecule has 0 spiro atoms. The Kier molecular flexibility index (Phi) is 5.35. The standard InChI is InChI=1S/C23H24N4O3/c1-14(2)20(21-24-17-10-5-6-11-18(17)25-21)26-19(28)12-7-13-27-22(29)15-8-3-4-9-16(15)23(27)30/h3-6,8-11,14,20H,7,12-13H2,1-2H3,(H,24,25)(H,26,28)/t20-/m1/s1. The first-order valence-corrected chi connectivity index (χ1v) is 10.1. The number of fused-ring (bicyclic) bond motifs is 2. The van der Waals surface area contributed by atoms with Crippen LogP contribution in [0, 0.1) is 5.92 Å². The highest BCUT2D eigenvalue weighted by Crippen LogP contribution is 2.24. The lowest BCUT2D eigenvalue weighted by molar-refractivity contribution is -0.122. The predicted octanol–water partition coefficient (Wildman–Crippen LogP) is 3.45. The van der Waals surface area contributed by atoms with Crippen molar-refractivity contribution in [2.45, 2.75) is 32.7 Å². The van der Waals surface area contributed by atoms with Gasteiger partial charge in [0, 0.05) is 13.0 Å². The molecule has 1 aromatic heterocycles. The maximum Gasteiger partial charge on any atom is 0.261 e. The zero-order chi connectivity index (χ0) is 21.3. The first-order valence-electron chi connectivity index (χ1n) is 10.1. The number of amides is 3. The van der Waals surface area contributed by atoms with Gasteiger partial charge >= 0.3 is 0 Å². The number of nitrogens with one attached hydrogen (secondary N) is 2. The molecule has 1 aliphatic rings. The van der Waals surface area contributed by atoms with E-state index in [1.54, 1.807) is 24.3 Å². The molecule has 1 atom stereocenters. The van der Waals surface area contributed by atoms with Gasteiger partial charge in [0.25, 0.3) is 11.8 Å². The smallest absolute Gasteiger partial charge is 0.261 e. The Morgan fingerprint density at radius 3 is 2.30 bits per heavy atom. The molecule has 30 heavy (non-hydrogen) atoms. The normalized spacial score (nSPS) is 14.4. The minimum absolute atomic E-state index is 0.134. The zero-order valence-corrected chi connectivity index (χ0v) is 17.0. The van der Waals surface area contributed by atoms with Crippen LogP contribution in [-0.2, 0) is 4.79 Å². The van der Waals surface area contributed by atoms with E-state index in [0.717, 1.165) is 16.9 Å². The van der Waals surface area contributed by atoms with Gasteiger partial charge in [-0.2, -0.15) is 0 Å². The van der Waals surface area contributed by atoms with Gasteiger partial charge in [0.1, 0.15) is 5.82 Å². The first-order chi connectivity index (χ1) is 14.5. The van der Waals surface area contributed by atoms with Crippen LogP contribution in [0.2, 0.25) is 0 Å². The number of hydrogen-bond donors (Lipinski definition) is 2. The van der Waals surface area contributed by atoms with Gasteiger partial charge in [0.05, 0.1) is 28.2 Å². The number of aromatic amines is 1. The number of aromatic nitrogens is 2. The highest BCUT2D eigenvalue weighted by Gasteiger charge is 2.34. The van der Waals surface area contributed by atoms with E-state index in [1.165, 1.54) is 4.90 Å². The quantitative estimate of drug-likeness (QED) is 0.590. The van der Waals surface area contributed by atoms with Crippen molar-refractivity contribution in [1.82, 2.24) is 20.2 Å². The van der Waals surface area contributed by atoms with Crippen molar-refractivity contribution < 1.29 is 14.4 Å². The second-order valence-corrected chi connectivity index (χ2v) is 7.84. The fourth-order valence-corrected chi connectivity index (χ4v) is 3.76. The minimum Gasteiger partial charge on any atom is -0.346 e. The number of H-pyrrole nitrogens is 1. The maximum absolute atomic E-state index is 12.6. The van der Waals surface area contributed by atoms with Gasteiger partial charge in [0.15, 0.2) is 0 Å². The van der Waals surface area contributed by atoms with Crippen LogP contribution in [0.5, 0.6) is 0 Å². The van der Waals surface area contributed by atoms with Crippen LogP contribution in [0.25, 0.3) is 11.0 Å². The van der Waals surface area contributed by atoms with Crippen molar-refractivity contribution in [2.24, 2.45) is 5.92 Å². The van der Waals surface area contributed by atoms with Crippen molar-refractivity contribution in [3.05, 3.63) is 65.5 Å². The molecule has 7 heteroatoms.